The molecule has 79 valence electrons. The molecule has 0 saturated heterocycles. The molecule has 1 aromatic carbocycles. The van der Waals surface area contributed by atoms with Crippen molar-refractivity contribution in [3.8, 4) is 0 Å². The standard InChI is InChI=1S/C11H11O2S2/c1-9(13)15-11(14,8-12)7-10-5-3-2-4-6-10/h2-6,14H,7H2,1H3. The predicted molar refractivity (Wildman–Crippen MR) is 65.8 cm³/mol. The van der Waals surface area contributed by atoms with Crippen molar-refractivity contribution in [2.75, 3.05) is 0 Å². The van der Waals surface area contributed by atoms with E-state index in [1.807, 2.05) is 36.6 Å². The van der Waals surface area contributed by atoms with Gasteiger partial charge in [-0.15, -0.1) is 0 Å². The minimum absolute atomic E-state index is 0.135. The second kappa shape index (κ2) is 5.37. The number of benzene rings is 1. The molecule has 1 rings (SSSR count). The number of hydrogen-bond acceptors (Lipinski definition) is 4. The van der Waals surface area contributed by atoms with Crippen LogP contribution in [-0.4, -0.2) is 15.5 Å². The second-order valence-corrected chi connectivity index (χ2v) is 5.68. The molecule has 0 fully saturated rings. The lowest BCUT2D eigenvalue weighted by Crippen LogP contribution is -2.23. The highest BCUT2D eigenvalue weighted by molar-refractivity contribution is 8.22. The second-order valence-electron chi connectivity index (χ2n) is 3.14. The van der Waals surface area contributed by atoms with Gasteiger partial charge < -0.3 is 0 Å². The van der Waals surface area contributed by atoms with E-state index in [9.17, 15) is 9.59 Å². The Bertz CT molecular complexity index is 351. The number of carbonyl (C=O) groups excluding carboxylic acids is 2. The Morgan fingerprint density at radius 1 is 1.47 bits per heavy atom. The highest BCUT2D eigenvalue weighted by Crippen LogP contribution is 2.31. The van der Waals surface area contributed by atoms with E-state index in [4.69, 9.17) is 0 Å². The zero-order valence-electron chi connectivity index (χ0n) is 8.27. The molecule has 0 N–H and O–H groups in total. The Hall–Kier alpha value is -0.740. The van der Waals surface area contributed by atoms with Gasteiger partial charge in [0, 0.05) is 13.3 Å². The summed E-state index contributed by atoms with van der Waals surface area (Å²) in [5.74, 6) is 0. The van der Waals surface area contributed by atoms with Gasteiger partial charge in [0.25, 0.3) is 0 Å². The number of hydrogen-bond donors (Lipinski definition) is 1. The van der Waals surface area contributed by atoms with Crippen LogP contribution in [0.3, 0.4) is 0 Å². The lowest BCUT2D eigenvalue weighted by atomic mass is 10.1. The van der Waals surface area contributed by atoms with E-state index in [0.717, 1.165) is 17.3 Å². The van der Waals surface area contributed by atoms with Crippen molar-refractivity contribution in [1.29, 1.82) is 0 Å². The SMILES string of the molecule is CC(=O)SC(S)([C]=O)Cc1ccccc1. The van der Waals surface area contributed by atoms with E-state index in [1.54, 1.807) is 0 Å². The molecule has 0 saturated carbocycles. The Labute approximate surface area is 98.9 Å². The third kappa shape index (κ3) is 4.10. The summed E-state index contributed by atoms with van der Waals surface area (Å²) >= 11 is 5.09. The van der Waals surface area contributed by atoms with Gasteiger partial charge >= 0.3 is 0 Å². The molecule has 2 nitrogen and oxygen atoms in total. The Balaban J connectivity index is 2.76. The largest absolute Gasteiger partial charge is 0.288 e. The Kier molecular flexibility index (Phi) is 4.42. The molecule has 1 unspecified atom stereocenters. The van der Waals surface area contributed by atoms with Crippen LogP contribution in [0.25, 0.3) is 0 Å². The molecule has 0 amide bonds. The van der Waals surface area contributed by atoms with Crippen molar-refractivity contribution >= 4 is 35.8 Å². The average molecular weight is 239 g/mol. The molecule has 4 heteroatoms. The van der Waals surface area contributed by atoms with E-state index < -0.39 is 4.08 Å². The fourth-order valence-electron chi connectivity index (χ4n) is 1.20. The van der Waals surface area contributed by atoms with E-state index in [2.05, 4.69) is 12.6 Å². The smallest absolute Gasteiger partial charge is 0.227 e. The maximum absolute atomic E-state index is 10.9. The van der Waals surface area contributed by atoms with Crippen molar-refractivity contribution in [1.82, 2.24) is 0 Å². The van der Waals surface area contributed by atoms with Crippen molar-refractivity contribution in [2.24, 2.45) is 0 Å². The first kappa shape index (κ1) is 12.3. The number of rotatable bonds is 4. The molecule has 1 aromatic rings. The minimum Gasteiger partial charge on any atom is -0.288 e. The van der Waals surface area contributed by atoms with Crippen molar-refractivity contribution in [2.45, 2.75) is 17.4 Å². The zero-order valence-corrected chi connectivity index (χ0v) is 9.98. The maximum Gasteiger partial charge on any atom is 0.227 e. The van der Waals surface area contributed by atoms with Gasteiger partial charge in [0.15, 0.2) is 5.12 Å². The molecular weight excluding hydrogens is 228 g/mol. The normalized spacial score (nSPS) is 14.3. The molecule has 15 heavy (non-hydrogen) atoms. The summed E-state index contributed by atoms with van der Waals surface area (Å²) in [6.07, 6.45) is 2.21. The van der Waals surface area contributed by atoms with Crippen LogP contribution in [0.5, 0.6) is 0 Å². The van der Waals surface area contributed by atoms with Crippen LogP contribution in [0.1, 0.15) is 12.5 Å². The zero-order chi connectivity index (χ0) is 11.3. The highest BCUT2D eigenvalue weighted by atomic mass is 32.2. The van der Waals surface area contributed by atoms with Crippen molar-refractivity contribution in [3.05, 3.63) is 35.9 Å². The van der Waals surface area contributed by atoms with Crippen LogP contribution < -0.4 is 0 Å². The van der Waals surface area contributed by atoms with Crippen LogP contribution in [0.2, 0.25) is 0 Å². The van der Waals surface area contributed by atoms with Crippen LogP contribution >= 0.6 is 24.4 Å². The van der Waals surface area contributed by atoms with Gasteiger partial charge in [-0.2, -0.15) is 12.6 Å². The van der Waals surface area contributed by atoms with Crippen LogP contribution in [-0.2, 0) is 16.0 Å². The fraction of sp³-hybridized carbons (Fsp3) is 0.273. The molecule has 1 atom stereocenters. The fourth-order valence-corrected chi connectivity index (χ4v) is 2.53. The van der Waals surface area contributed by atoms with Crippen molar-refractivity contribution < 1.29 is 9.59 Å². The lowest BCUT2D eigenvalue weighted by Gasteiger charge is -2.18. The number of carbonyl (C=O) groups is 1. The molecular formula is C11H11O2S2. The molecule has 0 spiro atoms. The summed E-state index contributed by atoms with van der Waals surface area (Å²) in [7, 11) is 0. The molecule has 0 aromatic heterocycles. The monoisotopic (exact) mass is 239 g/mol. The summed E-state index contributed by atoms with van der Waals surface area (Å²) < 4.78 is -1.08. The Morgan fingerprint density at radius 2 is 2.07 bits per heavy atom. The summed E-state index contributed by atoms with van der Waals surface area (Å²) in [4.78, 5) is 21.7. The molecule has 0 aliphatic carbocycles. The van der Waals surface area contributed by atoms with Crippen LogP contribution in [0, 0.1) is 0 Å². The predicted octanol–water partition coefficient (Wildman–Crippen LogP) is 2.24. The number of thiol groups is 1. The molecule has 1 radical (unpaired) electrons. The van der Waals surface area contributed by atoms with E-state index in [-0.39, 0.29) is 5.12 Å². The third-order valence-electron chi connectivity index (χ3n) is 1.76. The molecule has 0 aliphatic rings. The first-order valence-corrected chi connectivity index (χ1v) is 5.67. The first-order valence-electron chi connectivity index (χ1n) is 4.41. The van der Waals surface area contributed by atoms with Gasteiger partial charge in [-0.1, -0.05) is 42.1 Å². The van der Waals surface area contributed by atoms with Gasteiger partial charge in [-0.05, 0) is 5.56 Å². The molecule has 0 heterocycles. The van der Waals surface area contributed by atoms with Gasteiger partial charge in [0.2, 0.25) is 6.29 Å². The summed E-state index contributed by atoms with van der Waals surface area (Å²) in [5, 5.41) is -0.135. The highest BCUT2D eigenvalue weighted by Gasteiger charge is 2.29. The summed E-state index contributed by atoms with van der Waals surface area (Å²) in [5.41, 5.74) is 0.963. The van der Waals surface area contributed by atoms with E-state index >= 15 is 0 Å². The van der Waals surface area contributed by atoms with Gasteiger partial charge in [-0.25, -0.2) is 0 Å². The summed E-state index contributed by atoms with van der Waals surface area (Å²) in [6, 6.07) is 9.44. The molecule has 0 aliphatic heterocycles. The van der Waals surface area contributed by atoms with Crippen LogP contribution in [0.4, 0.5) is 0 Å². The summed E-state index contributed by atoms with van der Waals surface area (Å²) in [6.45, 7) is 1.41. The Morgan fingerprint density at radius 3 is 2.53 bits per heavy atom. The first-order chi connectivity index (χ1) is 7.06. The number of thioether (sulfide) groups is 1. The van der Waals surface area contributed by atoms with E-state index in [0.29, 0.717) is 6.42 Å². The topological polar surface area (TPSA) is 34.1 Å². The van der Waals surface area contributed by atoms with Gasteiger partial charge in [0.1, 0.15) is 4.08 Å². The van der Waals surface area contributed by atoms with Crippen molar-refractivity contribution in [3.63, 3.8) is 0 Å². The third-order valence-corrected chi connectivity index (χ3v) is 3.13. The van der Waals surface area contributed by atoms with Gasteiger partial charge in [-0.3, -0.25) is 9.59 Å². The minimum atomic E-state index is -1.08. The molecule has 0 bridgehead atoms. The quantitative estimate of drug-likeness (QED) is 0.646. The van der Waals surface area contributed by atoms with E-state index in [1.165, 1.54) is 6.92 Å². The van der Waals surface area contributed by atoms with Gasteiger partial charge in [0.05, 0.1) is 0 Å². The lowest BCUT2D eigenvalue weighted by molar-refractivity contribution is -0.109. The maximum atomic E-state index is 10.9. The van der Waals surface area contributed by atoms with Crippen LogP contribution in [0.15, 0.2) is 30.3 Å². The average Bonchev–Trinajstić information content (AvgIpc) is 2.18.